The van der Waals surface area contributed by atoms with Crippen LogP contribution in [0.4, 0.5) is 51.2 Å². The van der Waals surface area contributed by atoms with Crippen LogP contribution in [0.5, 0.6) is 11.5 Å². The van der Waals surface area contributed by atoms with Gasteiger partial charge in [-0.05, 0) is 131 Å². The van der Waals surface area contributed by atoms with Crippen LogP contribution in [0.1, 0.15) is 52.7 Å². The Balaban J connectivity index is 0.971. The van der Waals surface area contributed by atoms with Crippen LogP contribution in [0.3, 0.4) is 0 Å². The van der Waals surface area contributed by atoms with Gasteiger partial charge in [0.2, 0.25) is 0 Å². The van der Waals surface area contributed by atoms with Crippen molar-refractivity contribution in [2.45, 2.75) is 52.4 Å². The third kappa shape index (κ3) is 9.90. The van der Waals surface area contributed by atoms with Crippen molar-refractivity contribution in [2.24, 2.45) is 0 Å². The lowest BCUT2D eigenvalue weighted by Crippen LogP contribution is -2.64. The average molecular weight is 1290 g/mol. The standard InChI is InChI=1S/C92H70B2ClN3O/c1-91(2,3)65-52-81-86-82(53-65)98(90-72(63-38-21-11-22-39-63)46-29-47-73(90)64-40-23-12-24-41-64)80-58-84-77(57-76(80)93(86)75-51-50-67(95)56-79(75)97(81)89-70(61-34-17-9-18-35-61)44-28-45-71(89)62-36-19-10-20-37-62)94-74-48-25-26-49-78(74)96(83-54-66(92(4,5)6)55-85(99-84)87(83)94)88-68(59-30-13-7-14-31-59)42-27-43-69(88)60-32-15-8-16-33-60/h7-58H,1-6H3. The number of halogens is 1. The molecular formula is C92H70B2ClN3O. The molecule has 0 saturated carbocycles. The Morgan fingerprint density at radius 2 is 0.596 bits per heavy atom. The smallest absolute Gasteiger partial charge is 0.256 e. The minimum absolute atomic E-state index is 0.236. The number of rotatable bonds is 9. The molecule has 0 unspecified atom stereocenters. The molecule has 18 rings (SSSR count). The molecule has 0 saturated heterocycles. The summed E-state index contributed by atoms with van der Waals surface area (Å²) < 4.78 is 7.93. The zero-order chi connectivity index (χ0) is 66.8. The summed E-state index contributed by atoms with van der Waals surface area (Å²) in [6, 6.07) is 117. The predicted molar refractivity (Wildman–Crippen MR) is 421 cm³/mol. The number of benzene rings is 14. The topological polar surface area (TPSA) is 19.0 Å². The zero-order valence-electron chi connectivity index (χ0n) is 56.3. The first-order chi connectivity index (χ1) is 48.3. The summed E-state index contributed by atoms with van der Waals surface area (Å²) in [5, 5.41) is 0.667. The van der Waals surface area contributed by atoms with Gasteiger partial charge in [0.25, 0.3) is 13.4 Å². The van der Waals surface area contributed by atoms with Crippen LogP contribution in [-0.2, 0) is 10.8 Å². The molecular weight excluding hydrogens is 1220 g/mol. The van der Waals surface area contributed by atoms with Crippen molar-refractivity contribution < 1.29 is 4.74 Å². The highest BCUT2D eigenvalue weighted by molar-refractivity contribution is 7.02. The van der Waals surface area contributed by atoms with Crippen molar-refractivity contribution >= 4 is 109 Å². The molecule has 0 N–H and O–H groups in total. The zero-order valence-corrected chi connectivity index (χ0v) is 57.1. The van der Waals surface area contributed by atoms with Crippen molar-refractivity contribution in [2.75, 3.05) is 14.7 Å². The van der Waals surface area contributed by atoms with Gasteiger partial charge in [0.15, 0.2) is 0 Å². The molecule has 4 aliphatic heterocycles. The maximum absolute atomic E-state index is 7.93. The van der Waals surface area contributed by atoms with Crippen LogP contribution in [0, 0.1) is 0 Å². The van der Waals surface area contributed by atoms with Crippen LogP contribution in [0.25, 0.3) is 66.8 Å². The van der Waals surface area contributed by atoms with Crippen LogP contribution in [-0.4, -0.2) is 13.4 Å². The monoisotopic (exact) mass is 1290 g/mol. The largest absolute Gasteiger partial charge is 0.458 e. The van der Waals surface area contributed by atoms with Gasteiger partial charge in [-0.2, -0.15) is 0 Å². The predicted octanol–water partition coefficient (Wildman–Crippen LogP) is 21.4. The van der Waals surface area contributed by atoms with Gasteiger partial charge in [-0.3, -0.25) is 0 Å². The fourth-order valence-electron chi connectivity index (χ4n) is 16.2. The Morgan fingerprint density at radius 1 is 0.263 bits per heavy atom. The summed E-state index contributed by atoms with van der Waals surface area (Å²) in [5.41, 5.74) is 32.2. The number of para-hydroxylation sites is 4. The van der Waals surface area contributed by atoms with E-state index < -0.39 is 0 Å². The molecule has 4 heterocycles. The normalized spacial score (nSPS) is 13.2. The summed E-state index contributed by atoms with van der Waals surface area (Å²) in [5.74, 6) is 1.69. The van der Waals surface area contributed by atoms with Gasteiger partial charge in [0.1, 0.15) is 11.5 Å². The number of fused-ring (bicyclic) bond motifs is 8. The Kier molecular flexibility index (Phi) is 14.3. The minimum Gasteiger partial charge on any atom is -0.458 e. The van der Waals surface area contributed by atoms with Gasteiger partial charge in [-0.25, -0.2) is 0 Å². The van der Waals surface area contributed by atoms with Crippen molar-refractivity contribution in [3.05, 3.63) is 332 Å². The van der Waals surface area contributed by atoms with E-state index in [0.717, 1.165) is 146 Å². The molecule has 7 heteroatoms. The molecule has 99 heavy (non-hydrogen) atoms. The number of ether oxygens (including phenoxy) is 1. The fraction of sp³-hybridized carbons (Fsp3) is 0.0870. The number of anilines is 9. The van der Waals surface area contributed by atoms with Crippen molar-refractivity contribution in [3.63, 3.8) is 0 Å². The van der Waals surface area contributed by atoms with Crippen molar-refractivity contribution in [1.29, 1.82) is 0 Å². The lowest BCUT2D eigenvalue weighted by Gasteiger charge is -2.47. The van der Waals surface area contributed by atoms with Gasteiger partial charge in [0, 0.05) is 78.6 Å². The molecule has 0 aromatic heterocycles. The van der Waals surface area contributed by atoms with Gasteiger partial charge < -0.3 is 19.4 Å². The molecule has 0 atom stereocenters. The molecule has 0 aliphatic carbocycles. The molecule has 4 aliphatic rings. The number of hydrogen-bond donors (Lipinski definition) is 0. The van der Waals surface area contributed by atoms with E-state index in [4.69, 9.17) is 16.3 Å². The van der Waals surface area contributed by atoms with E-state index in [0.29, 0.717) is 5.02 Å². The summed E-state index contributed by atoms with van der Waals surface area (Å²) in [7, 11) is 0. The molecule has 0 bridgehead atoms. The van der Waals surface area contributed by atoms with E-state index in [1.807, 2.05) is 0 Å². The van der Waals surface area contributed by atoms with Crippen LogP contribution in [0.15, 0.2) is 315 Å². The molecule has 14 aromatic carbocycles. The van der Waals surface area contributed by atoms with Crippen LogP contribution in [0.2, 0.25) is 5.02 Å². The second kappa shape index (κ2) is 23.5. The molecule has 4 nitrogen and oxygen atoms in total. The lowest BCUT2D eigenvalue weighted by atomic mass is 9.30. The summed E-state index contributed by atoms with van der Waals surface area (Å²) in [6.07, 6.45) is 0. The van der Waals surface area contributed by atoms with E-state index >= 15 is 0 Å². The average Bonchev–Trinajstić information content (AvgIpc) is 0.686. The quantitative estimate of drug-likeness (QED) is 0.134. The number of hydrogen-bond acceptors (Lipinski definition) is 4. The second-order valence-corrected chi connectivity index (χ2v) is 29.3. The van der Waals surface area contributed by atoms with Crippen molar-refractivity contribution in [1.82, 2.24) is 0 Å². The van der Waals surface area contributed by atoms with E-state index in [2.05, 4.69) is 372 Å². The van der Waals surface area contributed by atoms with E-state index in [1.54, 1.807) is 0 Å². The van der Waals surface area contributed by atoms with Crippen LogP contribution >= 0.6 is 11.6 Å². The molecule has 472 valence electrons. The van der Waals surface area contributed by atoms with E-state index in [9.17, 15) is 0 Å². The van der Waals surface area contributed by atoms with E-state index in [1.165, 1.54) is 27.5 Å². The molecule has 14 aromatic rings. The van der Waals surface area contributed by atoms with Gasteiger partial charge >= 0.3 is 0 Å². The van der Waals surface area contributed by atoms with Gasteiger partial charge in [-0.15, -0.1) is 0 Å². The van der Waals surface area contributed by atoms with Gasteiger partial charge in [-0.1, -0.05) is 320 Å². The Morgan fingerprint density at radius 3 is 1.00 bits per heavy atom. The SMILES string of the molecule is CC(C)(C)c1cc2c3c(c1)N(c1c(-c4ccccc4)cccc1-c1ccccc1)c1ccccc1B3c1cc3c(cc1O2)N(c1c(-c2ccccc2)cccc1-c1ccccc1)c1cc(C(C)(C)C)cc2c1B3c1ccc(Cl)cc1N2c1c(-c2ccccc2)cccc1-c1ccccc1. The highest BCUT2D eigenvalue weighted by atomic mass is 35.5. The second-order valence-electron chi connectivity index (χ2n) is 28.8. The first-order valence-corrected chi connectivity index (χ1v) is 34.9. The summed E-state index contributed by atoms with van der Waals surface area (Å²) in [6.45, 7) is 13.5. The Hall–Kier alpha value is -11.3. The van der Waals surface area contributed by atoms with Crippen LogP contribution < -0.4 is 52.2 Å². The number of nitrogens with zero attached hydrogens (tertiary/aromatic N) is 3. The van der Waals surface area contributed by atoms with E-state index in [-0.39, 0.29) is 24.3 Å². The molecule has 0 spiro atoms. The molecule has 0 fully saturated rings. The lowest BCUT2D eigenvalue weighted by molar-refractivity contribution is 0.483. The van der Waals surface area contributed by atoms with Gasteiger partial charge in [0.05, 0.1) is 17.1 Å². The van der Waals surface area contributed by atoms with Crippen molar-refractivity contribution in [3.8, 4) is 78.3 Å². The first-order valence-electron chi connectivity index (χ1n) is 34.6. The Bertz CT molecular complexity index is 5350. The minimum atomic E-state index is -0.313. The molecule has 0 radical (unpaired) electrons. The maximum Gasteiger partial charge on any atom is 0.256 e. The third-order valence-corrected chi connectivity index (χ3v) is 21.1. The summed E-state index contributed by atoms with van der Waals surface area (Å²) >= 11 is 7.54. The summed E-state index contributed by atoms with van der Waals surface area (Å²) in [4.78, 5) is 7.80. The highest BCUT2D eigenvalue weighted by Gasteiger charge is 2.50. The Labute approximate surface area is 586 Å². The highest BCUT2D eigenvalue weighted by Crippen LogP contribution is 2.56. The maximum atomic E-state index is 7.93. The third-order valence-electron chi connectivity index (χ3n) is 20.9. The molecule has 0 amide bonds. The fourth-order valence-corrected chi connectivity index (χ4v) is 16.4. The first kappa shape index (κ1) is 60.1.